The van der Waals surface area contributed by atoms with Crippen LogP contribution in [0, 0.1) is 26.6 Å². The number of aliphatic hydroxyl groups is 1. The summed E-state index contributed by atoms with van der Waals surface area (Å²) in [5, 5.41) is 12.5. The fourth-order valence-electron chi connectivity index (χ4n) is 3.06. The van der Waals surface area contributed by atoms with Gasteiger partial charge < -0.3 is 15.2 Å². The molecule has 26 heavy (non-hydrogen) atoms. The molecule has 0 radical (unpaired) electrons. The molecule has 5 heteroatoms. The highest BCUT2D eigenvalue weighted by molar-refractivity contribution is 6.05. The molecule has 1 aliphatic rings. The van der Waals surface area contributed by atoms with Gasteiger partial charge in [0.2, 0.25) is 0 Å². The number of carbonyl (C=O) groups is 1. The SMILES string of the molecule is Cc1c(C)c2c(c(C)c1NC(=O)c1ccc(F)cc1)C=CC(C)(CO)O2. The van der Waals surface area contributed by atoms with E-state index in [4.69, 9.17) is 4.74 Å². The molecule has 0 fully saturated rings. The van der Waals surface area contributed by atoms with Crippen molar-refractivity contribution in [1.29, 1.82) is 0 Å². The van der Waals surface area contributed by atoms with Crippen LogP contribution in [0.5, 0.6) is 5.75 Å². The summed E-state index contributed by atoms with van der Waals surface area (Å²) in [7, 11) is 0. The summed E-state index contributed by atoms with van der Waals surface area (Å²) >= 11 is 0. The highest BCUT2D eigenvalue weighted by Crippen LogP contribution is 2.41. The van der Waals surface area contributed by atoms with Crippen molar-refractivity contribution in [2.75, 3.05) is 11.9 Å². The Balaban J connectivity index is 2.01. The summed E-state index contributed by atoms with van der Waals surface area (Å²) in [6.07, 6.45) is 3.74. The van der Waals surface area contributed by atoms with Crippen molar-refractivity contribution in [1.82, 2.24) is 0 Å². The van der Waals surface area contributed by atoms with E-state index in [2.05, 4.69) is 5.32 Å². The first-order chi connectivity index (χ1) is 12.3. The second-order valence-corrected chi connectivity index (χ2v) is 6.86. The largest absolute Gasteiger partial charge is 0.480 e. The molecule has 1 amide bonds. The number of aliphatic hydroxyl groups excluding tert-OH is 1. The van der Waals surface area contributed by atoms with E-state index in [1.54, 1.807) is 0 Å². The predicted molar refractivity (Wildman–Crippen MR) is 100 cm³/mol. The monoisotopic (exact) mass is 355 g/mol. The third kappa shape index (κ3) is 3.10. The number of fused-ring (bicyclic) bond motifs is 1. The van der Waals surface area contributed by atoms with Gasteiger partial charge in [0.25, 0.3) is 5.91 Å². The number of ether oxygens (including phenoxy) is 1. The topological polar surface area (TPSA) is 58.6 Å². The molecule has 0 aliphatic carbocycles. The molecule has 0 aromatic heterocycles. The number of amides is 1. The summed E-state index contributed by atoms with van der Waals surface area (Å²) in [5.41, 5.74) is 3.92. The number of hydrogen-bond donors (Lipinski definition) is 2. The second kappa shape index (κ2) is 6.57. The molecule has 1 atom stereocenters. The van der Waals surface area contributed by atoms with Crippen LogP contribution in [-0.2, 0) is 0 Å². The van der Waals surface area contributed by atoms with E-state index < -0.39 is 5.60 Å². The molecule has 4 nitrogen and oxygen atoms in total. The van der Waals surface area contributed by atoms with Gasteiger partial charge in [-0.1, -0.05) is 6.08 Å². The molecule has 1 aliphatic heterocycles. The molecular formula is C21H22FNO3. The van der Waals surface area contributed by atoms with Gasteiger partial charge in [-0.05, 0) is 74.7 Å². The third-order valence-electron chi connectivity index (χ3n) is 4.90. The van der Waals surface area contributed by atoms with Gasteiger partial charge in [0.05, 0.1) is 6.61 Å². The first-order valence-electron chi connectivity index (χ1n) is 8.45. The van der Waals surface area contributed by atoms with E-state index in [1.807, 2.05) is 39.8 Å². The molecule has 2 aromatic carbocycles. The van der Waals surface area contributed by atoms with Crippen molar-refractivity contribution in [2.24, 2.45) is 0 Å². The Kier molecular flexibility index (Phi) is 4.59. The minimum atomic E-state index is -0.754. The van der Waals surface area contributed by atoms with Crippen LogP contribution in [0.25, 0.3) is 6.08 Å². The summed E-state index contributed by atoms with van der Waals surface area (Å²) in [4.78, 5) is 12.5. The van der Waals surface area contributed by atoms with Crippen LogP contribution in [0.15, 0.2) is 30.3 Å². The minimum Gasteiger partial charge on any atom is -0.480 e. The maximum atomic E-state index is 13.1. The molecule has 1 unspecified atom stereocenters. The Bertz CT molecular complexity index is 903. The highest BCUT2D eigenvalue weighted by Gasteiger charge is 2.30. The molecular weight excluding hydrogens is 333 g/mol. The fourth-order valence-corrected chi connectivity index (χ4v) is 3.06. The molecule has 136 valence electrons. The zero-order valence-electron chi connectivity index (χ0n) is 15.3. The lowest BCUT2D eigenvalue weighted by Gasteiger charge is -2.33. The Morgan fingerprint density at radius 1 is 1.15 bits per heavy atom. The molecule has 3 rings (SSSR count). The average molecular weight is 355 g/mol. The predicted octanol–water partition coefficient (Wildman–Crippen LogP) is 4.16. The van der Waals surface area contributed by atoms with Gasteiger partial charge in [0.15, 0.2) is 0 Å². The first-order valence-corrected chi connectivity index (χ1v) is 8.45. The number of carbonyl (C=O) groups excluding carboxylic acids is 1. The normalized spacial score (nSPS) is 18.2. The zero-order chi connectivity index (χ0) is 19.1. The first kappa shape index (κ1) is 18.1. The molecule has 0 bridgehead atoms. The smallest absolute Gasteiger partial charge is 0.255 e. The van der Waals surface area contributed by atoms with Crippen LogP contribution in [-0.4, -0.2) is 23.2 Å². The van der Waals surface area contributed by atoms with Crippen molar-refractivity contribution in [3.8, 4) is 5.75 Å². The number of hydrogen-bond acceptors (Lipinski definition) is 3. The highest BCUT2D eigenvalue weighted by atomic mass is 19.1. The van der Waals surface area contributed by atoms with Crippen LogP contribution in [0.2, 0.25) is 0 Å². The van der Waals surface area contributed by atoms with Gasteiger partial charge in [0.1, 0.15) is 17.2 Å². The van der Waals surface area contributed by atoms with Crippen LogP contribution < -0.4 is 10.1 Å². The van der Waals surface area contributed by atoms with Crippen molar-refractivity contribution >= 4 is 17.7 Å². The number of rotatable bonds is 3. The van der Waals surface area contributed by atoms with Crippen molar-refractivity contribution in [3.63, 3.8) is 0 Å². The van der Waals surface area contributed by atoms with Gasteiger partial charge >= 0.3 is 0 Å². The molecule has 0 saturated carbocycles. The number of anilines is 1. The third-order valence-corrected chi connectivity index (χ3v) is 4.90. The standard InChI is InChI=1S/C21H22FNO3/c1-12-13(2)19-17(9-10-21(4,11-24)26-19)14(3)18(12)23-20(25)15-5-7-16(22)8-6-15/h5-10,24H,11H2,1-4H3,(H,23,25). The van der Waals surface area contributed by atoms with Gasteiger partial charge in [-0.15, -0.1) is 0 Å². The summed E-state index contributed by atoms with van der Waals surface area (Å²) < 4.78 is 19.1. The van der Waals surface area contributed by atoms with Crippen LogP contribution >= 0.6 is 0 Å². The molecule has 0 saturated heterocycles. The van der Waals surface area contributed by atoms with Crippen LogP contribution in [0.1, 0.15) is 39.5 Å². The zero-order valence-corrected chi connectivity index (χ0v) is 15.3. The van der Waals surface area contributed by atoms with E-state index in [0.717, 1.165) is 33.7 Å². The number of halogens is 1. The van der Waals surface area contributed by atoms with E-state index >= 15 is 0 Å². The maximum absolute atomic E-state index is 13.1. The van der Waals surface area contributed by atoms with Gasteiger partial charge in [-0.2, -0.15) is 0 Å². The average Bonchev–Trinajstić information content (AvgIpc) is 2.63. The lowest BCUT2D eigenvalue weighted by molar-refractivity contribution is 0.0633. The van der Waals surface area contributed by atoms with Crippen LogP contribution in [0.3, 0.4) is 0 Å². The van der Waals surface area contributed by atoms with Crippen LogP contribution in [0.4, 0.5) is 10.1 Å². The number of nitrogens with one attached hydrogen (secondary N) is 1. The number of benzene rings is 2. The molecule has 0 spiro atoms. The molecule has 2 N–H and O–H groups in total. The molecule has 1 heterocycles. The maximum Gasteiger partial charge on any atom is 0.255 e. The minimum absolute atomic E-state index is 0.121. The summed E-state index contributed by atoms with van der Waals surface area (Å²) in [5.74, 6) is 0.0445. The van der Waals surface area contributed by atoms with E-state index in [1.165, 1.54) is 24.3 Å². The van der Waals surface area contributed by atoms with E-state index in [9.17, 15) is 14.3 Å². The van der Waals surface area contributed by atoms with Gasteiger partial charge in [-0.25, -0.2) is 4.39 Å². The second-order valence-electron chi connectivity index (χ2n) is 6.86. The quantitative estimate of drug-likeness (QED) is 0.869. The fraction of sp³-hybridized carbons (Fsp3) is 0.286. The van der Waals surface area contributed by atoms with Crippen molar-refractivity contribution in [3.05, 3.63) is 64.0 Å². The van der Waals surface area contributed by atoms with E-state index in [0.29, 0.717) is 5.56 Å². The molecule has 2 aromatic rings. The summed E-state index contributed by atoms with van der Waals surface area (Å²) in [6.45, 7) is 7.46. The Morgan fingerprint density at radius 2 is 1.81 bits per heavy atom. The van der Waals surface area contributed by atoms with Crippen molar-refractivity contribution < 1.29 is 19.0 Å². The van der Waals surface area contributed by atoms with Gasteiger partial charge in [0, 0.05) is 16.8 Å². The Hall–Kier alpha value is -2.66. The van der Waals surface area contributed by atoms with Gasteiger partial charge in [-0.3, -0.25) is 4.79 Å². The Labute approximate surface area is 152 Å². The lowest BCUT2D eigenvalue weighted by atomic mass is 9.91. The van der Waals surface area contributed by atoms with E-state index in [-0.39, 0.29) is 18.3 Å². The Morgan fingerprint density at radius 3 is 2.42 bits per heavy atom. The summed E-state index contributed by atoms with van der Waals surface area (Å²) in [6, 6.07) is 5.44. The lowest BCUT2D eigenvalue weighted by Crippen LogP contribution is -2.36. The van der Waals surface area contributed by atoms with Crippen molar-refractivity contribution in [2.45, 2.75) is 33.3 Å².